The molecule has 10 heteroatoms. The molecular weight excluding hydrogens is 411 g/mol. The van der Waals surface area contributed by atoms with E-state index in [0.717, 1.165) is 6.26 Å². The van der Waals surface area contributed by atoms with E-state index in [1.807, 2.05) is 10.8 Å². The van der Waals surface area contributed by atoms with Crippen LogP contribution in [0.5, 0.6) is 0 Å². The van der Waals surface area contributed by atoms with E-state index in [1.54, 1.807) is 41.3 Å². The average molecular weight is 428 g/mol. The van der Waals surface area contributed by atoms with Crippen LogP contribution in [0.25, 0.3) is 0 Å². The van der Waals surface area contributed by atoms with Gasteiger partial charge in [-0.25, -0.2) is 17.5 Å². The smallest absolute Gasteiger partial charge is 0.303 e. The van der Waals surface area contributed by atoms with Gasteiger partial charge in [0.1, 0.15) is 11.6 Å². The van der Waals surface area contributed by atoms with Gasteiger partial charge in [-0.1, -0.05) is 12.1 Å². The molecule has 0 radical (unpaired) electrons. The van der Waals surface area contributed by atoms with Gasteiger partial charge >= 0.3 is 6.01 Å². The van der Waals surface area contributed by atoms with Crippen LogP contribution in [-0.4, -0.2) is 25.6 Å². The highest BCUT2D eigenvalue weighted by atomic mass is 32.2. The number of amides is 1. The molecule has 8 nitrogen and oxygen atoms in total. The summed E-state index contributed by atoms with van der Waals surface area (Å²) in [7, 11) is -3.78. The highest BCUT2D eigenvalue weighted by Gasteiger charge is 2.24. The number of aromatic nitrogens is 1. The fourth-order valence-electron chi connectivity index (χ4n) is 2.73. The highest BCUT2D eigenvalue weighted by Crippen LogP contribution is 2.29. The van der Waals surface area contributed by atoms with E-state index in [-0.39, 0.29) is 24.0 Å². The molecule has 3 rings (SSSR count). The van der Waals surface area contributed by atoms with Gasteiger partial charge in [-0.15, -0.1) is 0 Å². The third kappa shape index (κ3) is 5.01. The van der Waals surface area contributed by atoms with Crippen LogP contribution in [0, 0.1) is 24.1 Å². The van der Waals surface area contributed by atoms with Crippen molar-refractivity contribution >= 4 is 27.6 Å². The monoisotopic (exact) mass is 428 g/mol. The molecule has 30 heavy (non-hydrogen) atoms. The first kappa shape index (κ1) is 21.0. The molecule has 0 unspecified atom stereocenters. The van der Waals surface area contributed by atoms with Crippen molar-refractivity contribution in [3.8, 4) is 6.07 Å². The molecule has 2 aromatic carbocycles. The van der Waals surface area contributed by atoms with Gasteiger partial charge in [0.05, 0.1) is 24.4 Å². The largest absolute Gasteiger partial charge is 0.428 e. The van der Waals surface area contributed by atoms with Crippen LogP contribution in [0.2, 0.25) is 0 Å². The Balaban J connectivity index is 2.02. The molecule has 1 amide bonds. The maximum atomic E-state index is 13.6. The second-order valence-corrected chi connectivity index (χ2v) is 8.23. The fourth-order valence-corrected chi connectivity index (χ4v) is 3.16. The Morgan fingerprint density at radius 2 is 1.97 bits per heavy atom. The zero-order chi connectivity index (χ0) is 21.9. The lowest BCUT2D eigenvalue weighted by Crippen LogP contribution is -2.30. The lowest BCUT2D eigenvalue weighted by molar-refractivity contribution is 0.0976. The van der Waals surface area contributed by atoms with E-state index < -0.39 is 21.7 Å². The van der Waals surface area contributed by atoms with E-state index >= 15 is 0 Å². The predicted octanol–water partition coefficient (Wildman–Crippen LogP) is 3.02. The number of benzene rings is 2. The second-order valence-electron chi connectivity index (χ2n) is 6.48. The number of hydrogen-bond acceptors (Lipinski definition) is 7. The Kier molecular flexibility index (Phi) is 5.84. The topological polar surface area (TPSA) is 116 Å². The summed E-state index contributed by atoms with van der Waals surface area (Å²) < 4.78 is 43.8. The summed E-state index contributed by atoms with van der Waals surface area (Å²) in [5, 5.41) is 9.01. The van der Waals surface area contributed by atoms with Crippen LogP contribution in [0.1, 0.15) is 27.4 Å². The van der Waals surface area contributed by atoms with Crippen molar-refractivity contribution in [3.05, 3.63) is 76.9 Å². The van der Waals surface area contributed by atoms with Crippen molar-refractivity contribution in [2.24, 2.45) is 0 Å². The van der Waals surface area contributed by atoms with Gasteiger partial charge in [0.15, 0.2) is 5.69 Å². The number of anilines is 2. The summed E-state index contributed by atoms with van der Waals surface area (Å²) in [6, 6.07) is 14.5. The highest BCUT2D eigenvalue weighted by molar-refractivity contribution is 7.89. The van der Waals surface area contributed by atoms with Gasteiger partial charge in [-0.05, 0) is 48.9 Å². The molecule has 1 heterocycles. The van der Waals surface area contributed by atoms with Gasteiger partial charge in [-0.2, -0.15) is 10.2 Å². The van der Waals surface area contributed by atoms with E-state index in [1.165, 1.54) is 19.1 Å². The number of carbonyl (C=O) groups excluding carboxylic acids is 1. The number of nitriles is 1. The Morgan fingerprint density at radius 1 is 1.27 bits per heavy atom. The molecule has 0 aliphatic heterocycles. The second kappa shape index (κ2) is 8.34. The fraction of sp³-hybridized carbons (Fsp3) is 0.150. The number of halogens is 1. The van der Waals surface area contributed by atoms with E-state index in [2.05, 4.69) is 4.98 Å². The minimum absolute atomic E-state index is 0.0140. The molecule has 0 bridgehead atoms. The minimum Gasteiger partial charge on any atom is -0.428 e. The molecule has 0 aliphatic carbocycles. The van der Waals surface area contributed by atoms with Crippen molar-refractivity contribution in [1.82, 2.24) is 9.71 Å². The van der Waals surface area contributed by atoms with Crippen LogP contribution in [0.15, 0.2) is 52.9 Å². The van der Waals surface area contributed by atoms with Crippen LogP contribution >= 0.6 is 0 Å². The number of carbonyl (C=O) groups is 1. The van der Waals surface area contributed by atoms with E-state index in [4.69, 9.17) is 9.68 Å². The van der Waals surface area contributed by atoms with Crippen molar-refractivity contribution in [2.75, 3.05) is 11.2 Å². The minimum atomic E-state index is -3.78. The Bertz CT molecular complexity index is 1230. The maximum Gasteiger partial charge on any atom is 0.303 e. The van der Waals surface area contributed by atoms with Gasteiger partial charge in [0, 0.05) is 5.69 Å². The van der Waals surface area contributed by atoms with Crippen molar-refractivity contribution in [3.63, 3.8) is 0 Å². The normalized spacial score (nSPS) is 11.0. The SMILES string of the molecule is Cc1oc(N(Cc2cccc(F)c2)c2ccc(C#N)cc2)nc1C(=O)NS(C)(=O)=O. The molecule has 0 atom stereocenters. The molecule has 0 aliphatic rings. The Labute approximate surface area is 172 Å². The Morgan fingerprint density at radius 3 is 2.57 bits per heavy atom. The molecule has 154 valence electrons. The number of nitrogens with zero attached hydrogens (tertiary/aromatic N) is 3. The standard InChI is InChI=1S/C20H17FN4O4S/c1-13-18(19(26)24-30(2,27)28)23-20(29-13)25(12-15-4-3-5-16(21)10-15)17-8-6-14(11-22)7-9-17/h3-10H,12H2,1-2H3,(H,24,26). The predicted molar refractivity (Wildman–Crippen MR) is 107 cm³/mol. The molecule has 0 fully saturated rings. The quantitative estimate of drug-likeness (QED) is 0.641. The third-order valence-electron chi connectivity index (χ3n) is 4.05. The van der Waals surface area contributed by atoms with E-state index in [9.17, 15) is 17.6 Å². The zero-order valence-electron chi connectivity index (χ0n) is 16.1. The van der Waals surface area contributed by atoms with Gasteiger partial charge in [-0.3, -0.25) is 9.69 Å². The molecular formula is C20H17FN4O4S. The van der Waals surface area contributed by atoms with Crippen LogP contribution in [0.3, 0.4) is 0 Å². The molecule has 0 saturated heterocycles. The van der Waals surface area contributed by atoms with E-state index in [0.29, 0.717) is 16.8 Å². The Hall–Kier alpha value is -3.71. The number of sulfonamides is 1. The summed E-state index contributed by atoms with van der Waals surface area (Å²) in [5.41, 5.74) is 1.45. The lowest BCUT2D eigenvalue weighted by atomic mass is 10.1. The maximum absolute atomic E-state index is 13.6. The molecule has 1 N–H and O–H groups in total. The summed E-state index contributed by atoms with van der Waals surface area (Å²) in [5.74, 6) is -1.22. The van der Waals surface area contributed by atoms with Gasteiger partial charge in [0.2, 0.25) is 10.0 Å². The van der Waals surface area contributed by atoms with Gasteiger partial charge in [0.25, 0.3) is 5.91 Å². The van der Waals surface area contributed by atoms with Crippen LogP contribution < -0.4 is 9.62 Å². The van der Waals surface area contributed by atoms with Crippen molar-refractivity contribution in [1.29, 1.82) is 5.26 Å². The summed E-state index contributed by atoms with van der Waals surface area (Å²) >= 11 is 0. The third-order valence-corrected chi connectivity index (χ3v) is 4.60. The zero-order valence-corrected chi connectivity index (χ0v) is 16.9. The first-order valence-corrected chi connectivity index (χ1v) is 10.6. The van der Waals surface area contributed by atoms with Crippen LogP contribution in [-0.2, 0) is 16.6 Å². The first-order chi connectivity index (χ1) is 14.2. The first-order valence-electron chi connectivity index (χ1n) is 8.68. The summed E-state index contributed by atoms with van der Waals surface area (Å²) in [6.45, 7) is 1.63. The number of nitrogens with one attached hydrogen (secondary N) is 1. The number of aryl methyl sites for hydroxylation is 1. The number of hydrogen-bond donors (Lipinski definition) is 1. The molecule has 0 spiro atoms. The molecule has 0 saturated carbocycles. The number of rotatable bonds is 6. The van der Waals surface area contributed by atoms with Crippen molar-refractivity contribution in [2.45, 2.75) is 13.5 Å². The van der Waals surface area contributed by atoms with Crippen molar-refractivity contribution < 1.29 is 22.0 Å². The summed E-state index contributed by atoms with van der Waals surface area (Å²) in [6.07, 6.45) is 0.855. The molecule has 3 aromatic rings. The number of oxazole rings is 1. The average Bonchev–Trinajstić information content (AvgIpc) is 3.06. The molecule has 1 aromatic heterocycles. The van der Waals surface area contributed by atoms with Gasteiger partial charge < -0.3 is 4.42 Å². The summed E-state index contributed by atoms with van der Waals surface area (Å²) in [4.78, 5) is 18.0. The lowest BCUT2D eigenvalue weighted by Gasteiger charge is -2.21. The van der Waals surface area contributed by atoms with Crippen LogP contribution in [0.4, 0.5) is 16.1 Å².